The molecule has 0 aliphatic heterocycles. The van der Waals surface area contributed by atoms with E-state index in [1.807, 2.05) is 55.5 Å². The third-order valence-corrected chi connectivity index (χ3v) is 8.41. The first-order valence-electron chi connectivity index (χ1n) is 12.3. The summed E-state index contributed by atoms with van der Waals surface area (Å²) < 4.78 is 36.4. The number of aryl methyl sites for hydroxylation is 1. The van der Waals surface area contributed by atoms with Gasteiger partial charge in [0.25, 0.3) is 0 Å². The molecule has 0 bridgehead atoms. The summed E-state index contributed by atoms with van der Waals surface area (Å²) in [4.78, 5) is 13.0. The van der Waals surface area contributed by atoms with Gasteiger partial charge in [-0.25, -0.2) is 18.6 Å². The van der Waals surface area contributed by atoms with E-state index in [9.17, 15) is 13.2 Å². The van der Waals surface area contributed by atoms with E-state index in [4.69, 9.17) is 4.74 Å². The minimum absolute atomic E-state index is 0.126. The molecule has 0 aliphatic rings. The number of carbonyl (C=O) groups is 1. The molecule has 40 heavy (non-hydrogen) atoms. The van der Waals surface area contributed by atoms with Crippen molar-refractivity contribution in [1.82, 2.24) is 10.1 Å². The lowest BCUT2D eigenvalue weighted by atomic mass is 10.0. The van der Waals surface area contributed by atoms with Crippen molar-refractivity contribution in [3.8, 4) is 5.75 Å². The SMILES string of the molecule is Cc1ccc(S(=O)(=O)N[C@H](CC(=O)N/N=C\c2cc(Br)cc(Br)c2OCc2ccccc2)c2ccccc2)cc1. The number of benzene rings is 4. The summed E-state index contributed by atoms with van der Waals surface area (Å²) in [5, 5.41) is 4.13. The number of hydrazone groups is 1. The molecule has 0 aliphatic carbocycles. The highest BCUT2D eigenvalue weighted by Gasteiger charge is 2.23. The molecule has 4 aromatic rings. The van der Waals surface area contributed by atoms with E-state index in [2.05, 4.69) is 47.1 Å². The van der Waals surface area contributed by atoms with Gasteiger partial charge in [0.1, 0.15) is 12.4 Å². The Bertz CT molecular complexity index is 1580. The van der Waals surface area contributed by atoms with Crippen molar-refractivity contribution in [1.29, 1.82) is 0 Å². The predicted molar refractivity (Wildman–Crippen MR) is 164 cm³/mol. The van der Waals surface area contributed by atoms with Crippen LogP contribution in [-0.4, -0.2) is 20.5 Å². The van der Waals surface area contributed by atoms with Gasteiger partial charge < -0.3 is 4.74 Å². The summed E-state index contributed by atoms with van der Waals surface area (Å²) in [6.45, 7) is 2.24. The number of hydrogen-bond donors (Lipinski definition) is 2. The van der Waals surface area contributed by atoms with Crippen LogP contribution < -0.4 is 14.9 Å². The number of nitrogens with one attached hydrogen (secondary N) is 2. The summed E-state index contributed by atoms with van der Waals surface area (Å²) in [6, 6.07) is 28.1. The van der Waals surface area contributed by atoms with Crippen LogP contribution in [0.5, 0.6) is 5.75 Å². The number of carbonyl (C=O) groups excluding carboxylic acids is 1. The normalized spacial score (nSPS) is 12.3. The van der Waals surface area contributed by atoms with E-state index in [1.165, 1.54) is 18.3 Å². The molecule has 1 atom stereocenters. The molecule has 0 spiro atoms. The Morgan fingerprint density at radius 3 is 2.27 bits per heavy atom. The van der Waals surface area contributed by atoms with Gasteiger partial charge in [-0.15, -0.1) is 0 Å². The van der Waals surface area contributed by atoms with Crippen molar-refractivity contribution in [3.05, 3.63) is 128 Å². The number of halogens is 2. The quantitative estimate of drug-likeness (QED) is 0.136. The fourth-order valence-corrected chi connectivity index (χ4v) is 6.45. The molecule has 7 nitrogen and oxygen atoms in total. The van der Waals surface area contributed by atoms with Crippen molar-refractivity contribution in [2.24, 2.45) is 5.10 Å². The molecule has 0 fully saturated rings. The lowest BCUT2D eigenvalue weighted by molar-refractivity contribution is -0.121. The first-order valence-corrected chi connectivity index (χ1v) is 15.4. The van der Waals surface area contributed by atoms with E-state index >= 15 is 0 Å². The van der Waals surface area contributed by atoms with Crippen molar-refractivity contribution in [2.45, 2.75) is 30.9 Å². The number of nitrogens with zero attached hydrogens (tertiary/aromatic N) is 1. The maximum atomic E-state index is 13.1. The molecule has 0 saturated heterocycles. The van der Waals surface area contributed by atoms with E-state index in [0.29, 0.717) is 23.5 Å². The second-order valence-corrected chi connectivity index (χ2v) is 12.5. The van der Waals surface area contributed by atoms with Crippen LogP contribution in [0.2, 0.25) is 0 Å². The van der Waals surface area contributed by atoms with Crippen LogP contribution in [0.15, 0.2) is 116 Å². The fourth-order valence-electron chi connectivity index (χ4n) is 3.85. The van der Waals surface area contributed by atoms with Gasteiger partial charge in [-0.1, -0.05) is 94.3 Å². The van der Waals surface area contributed by atoms with Crippen LogP contribution in [0.25, 0.3) is 0 Å². The molecule has 0 saturated carbocycles. The highest BCUT2D eigenvalue weighted by molar-refractivity contribution is 9.11. The van der Waals surface area contributed by atoms with Gasteiger partial charge >= 0.3 is 0 Å². The zero-order chi connectivity index (χ0) is 28.5. The molecule has 0 aromatic heterocycles. The minimum Gasteiger partial charge on any atom is -0.487 e. The zero-order valence-electron chi connectivity index (χ0n) is 21.6. The van der Waals surface area contributed by atoms with Crippen molar-refractivity contribution >= 4 is 54.0 Å². The maximum Gasteiger partial charge on any atom is 0.242 e. The molecule has 0 heterocycles. The predicted octanol–water partition coefficient (Wildman–Crippen LogP) is 6.66. The van der Waals surface area contributed by atoms with Gasteiger partial charge in [0, 0.05) is 16.5 Å². The number of hydrogen-bond acceptors (Lipinski definition) is 5. The summed E-state index contributed by atoms with van der Waals surface area (Å²) in [5.41, 5.74) is 5.76. The first-order chi connectivity index (χ1) is 19.2. The monoisotopic (exact) mass is 683 g/mol. The third-order valence-electron chi connectivity index (χ3n) is 5.88. The lowest BCUT2D eigenvalue weighted by Crippen LogP contribution is -2.32. The molecule has 206 valence electrons. The van der Waals surface area contributed by atoms with Crippen LogP contribution in [0.3, 0.4) is 0 Å². The molecule has 0 unspecified atom stereocenters. The van der Waals surface area contributed by atoms with Crippen molar-refractivity contribution in [3.63, 3.8) is 0 Å². The smallest absolute Gasteiger partial charge is 0.242 e. The molecule has 4 aromatic carbocycles. The fraction of sp³-hybridized carbons (Fsp3) is 0.133. The minimum atomic E-state index is -3.87. The van der Waals surface area contributed by atoms with Crippen LogP contribution in [-0.2, 0) is 21.4 Å². The van der Waals surface area contributed by atoms with Crippen molar-refractivity contribution < 1.29 is 17.9 Å². The van der Waals surface area contributed by atoms with E-state index in [-0.39, 0.29) is 11.3 Å². The van der Waals surface area contributed by atoms with Crippen LogP contribution in [0, 0.1) is 6.92 Å². The Kier molecular flexibility index (Phi) is 10.3. The highest BCUT2D eigenvalue weighted by Crippen LogP contribution is 2.32. The summed E-state index contributed by atoms with van der Waals surface area (Å²) in [5.74, 6) is 0.107. The average molecular weight is 685 g/mol. The molecule has 10 heteroatoms. The largest absolute Gasteiger partial charge is 0.487 e. The van der Waals surface area contributed by atoms with Gasteiger partial charge in [-0.05, 0) is 58.2 Å². The third kappa shape index (κ3) is 8.34. The Hall–Kier alpha value is -3.31. The molecule has 1 amide bonds. The Morgan fingerprint density at radius 1 is 0.950 bits per heavy atom. The average Bonchev–Trinajstić information content (AvgIpc) is 2.93. The standard InChI is InChI=1S/C30H27Br2N3O4S/c1-21-12-14-26(15-13-21)40(37,38)35-28(23-10-6-3-7-11-23)18-29(36)34-33-19-24-16-25(31)17-27(32)30(24)39-20-22-8-4-2-5-9-22/h2-17,19,28,35H,18,20H2,1H3,(H,34,36)/b33-19-/t28-/m1/s1. The van der Waals surface area contributed by atoms with E-state index in [1.54, 1.807) is 36.4 Å². The van der Waals surface area contributed by atoms with Crippen LogP contribution in [0.1, 0.15) is 34.7 Å². The van der Waals surface area contributed by atoms with Crippen molar-refractivity contribution in [2.75, 3.05) is 0 Å². The van der Waals surface area contributed by atoms with Gasteiger partial charge in [-0.3, -0.25) is 4.79 Å². The Balaban J connectivity index is 1.47. The topological polar surface area (TPSA) is 96.9 Å². The van der Waals surface area contributed by atoms with E-state index in [0.717, 1.165) is 20.1 Å². The van der Waals surface area contributed by atoms with Gasteiger partial charge in [0.05, 0.1) is 21.6 Å². The molecule has 2 N–H and O–H groups in total. The second kappa shape index (κ2) is 13.8. The molecule has 4 rings (SSSR count). The summed E-state index contributed by atoms with van der Waals surface area (Å²) in [6.07, 6.45) is 1.33. The lowest BCUT2D eigenvalue weighted by Gasteiger charge is -2.18. The summed E-state index contributed by atoms with van der Waals surface area (Å²) >= 11 is 7.01. The Morgan fingerprint density at radius 2 is 1.60 bits per heavy atom. The number of ether oxygens (including phenoxy) is 1. The number of rotatable bonds is 11. The zero-order valence-corrected chi connectivity index (χ0v) is 25.5. The molecular formula is C30H27Br2N3O4S. The molecule has 0 radical (unpaired) electrons. The summed E-state index contributed by atoms with van der Waals surface area (Å²) in [7, 11) is -3.87. The Labute approximate surface area is 251 Å². The van der Waals surface area contributed by atoms with Gasteiger partial charge in [0.15, 0.2) is 0 Å². The second-order valence-electron chi connectivity index (χ2n) is 8.98. The maximum absolute atomic E-state index is 13.1. The molecular weight excluding hydrogens is 658 g/mol. The highest BCUT2D eigenvalue weighted by atomic mass is 79.9. The van der Waals surface area contributed by atoms with Gasteiger partial charge in [0.2, 0.25) is 15.9 Å². The number of sulfonamides is 1. The van der Waals surface area contributed by atoms with E-state index < -0.39 is 22.0 Å². The number of amides is 1. The first kappa shape index (κ1) is 29.7. The van der Waals surface area contributed by atoms with Crippen LogP contribution in [0.4, 0.5) is 0 Å². The van der Waals surface area contributed by atoms with Crippen LogP contribution >= 0.6 is 31.9 Å². The van der Waals surface area contributed by atoms with Gasteiger partial charge in [-0.2, -0.15) is 5.10 Å².